The summed E-state index contributed by atoms with van der Waals surface area (Å²) in [5, 5.41) is 34.9. The maximum Gasteiger partial charge on any atom is 0.0887 e. The van der Waals surface area contributed by atoms with Gasteiger partial charge in [-0.25, -0.2) is 0 Å². The van der Waals surface area contributed by atoms with Gasteiger partial charge in [0.1, 0.15) is 0 Å². The lowest BCUT2D eigenvalue weighted by Gasteiger charge is -2.20. The molecule has 10 nitrogen and oxygen atoms in total. The largest absolute Gasteiger partial charge is 0.372 e. The number of benzene rings is 4. The van der Waals surface area contributed by atoms with Crippen LogP contribution in [-0.4, -0.2) is 18.1 Å². The third-order valence-electron chi connectivity index (χ3n) is 6.96. The maximum atomic E-state index is 4.46. The van der Waals surface area contributed by atoms with Crippen molar-refractivity contribution < 1.29 is 0 Å². The number of anilines is 1. The Bertz CT molecular complexity index is 1820. The zero-order valence-corrected chi connectivity index (χ0v) is 25.8. The van der Waals surface area contributed by atoms with E-state index in [1.54, 1.807) is 24.5 Å². The van der Waals surface area contributed by atoms with Gasteiger partial charge in [0, 0.05) is 31.2 Å². The van der Waals surface area contributed by atoms with E-state index in [0.29, 0.717) is 5.69 Å². The van der Waals surface area contributed by atoms with Crippen LogP contribution in [0.5, 0.6) is 0 Å². The molecule has 5 rings (SSSR count). The molecule has 0 saturated heterocycles. The fourth-order valence-corrected chi connectivity index (χ4v) is 4.40. The van der Waals surface area contributed by atoms with E-state index in [9.17, 15) is 0 Å². The monoisotopic (exact) mass is 594 g/mol. The van der Waals surface area contributed by atoms with Crippen LogP contribution in [0.15, 0.2) is 150 Å². The first-order valence-electron chi connectivity index (χ1n) is 14.7. The van der Waals surface area contributed by atoms with Gasteiger partial charge < -0.3 is 4.90 Å². The van der Waals surface area contributed by atoms with Gasteiger partial charge in [-0.3, -0.25) is 4.98 Å². The lowest BCUT2D eigenvalue weighted by molar-refractivity contribution is 0.866. The molecule has 0 spiro atoms. The summed E-state index contributed by atoms with van der Waals surface area (Å²) in [6, 6.07) is 30.5. The third-order valence-corrected chi connectivity index (χ3v) is 6.96. The Kier molecular flexibility index (Phi) is 10.3. The lowest BCUT2D eigenvalue weighted by atomic mass is 10.2. The molecule has 4 aromatic carbocycles. The molecule has 0 N–H and O–H groups in total. The Hall–Kier alpha value is -5.77. The molecule has 0 atom stereocenters. The van der Waals surface area contributed by atoms with E-state index in [4.69, 9.17) is 0 Å². The minimum atomic E-state index is 0.715. The molecule has 0 saturated carbocycles. The molecule has 0 unspecified atom stereocenters. The first-order valence-corrected chi connectivity index (χ1v) is 14.7. The smallest absolute Gasteiger partial charge is 0.0887 e. The zero-order chi connectivity index (χ0) is 31.4. The normalized spacial score (nSPS) is 11.8. The van der Waals surface area contributed by atoms with Gasteiger partial charge in [0.2, 0.25) is 0 Å². The average molecular weight is 595 g/mol. The van der Waals surface area contributed by atoms with Crippen molar-refractivity contribution >= 4 is 51.2 Å². The Labute approximate surface area is 263 Å². The van der Waals surface area contributed by atoms with Crippen LogP contribution in [0.1, 0.15) is 25.0 Å². The van der Waals surface area contributed by atoms with Crippen LogP contribution in [0.25, 0.3) is 0 Å². The van der Waals surface area contributed by atoms with Gasteiger partial charge in [0.25, 0.3) is 0 Å². The molecule has 0 aliphatic carbocycles. The van der Waals surface area contributed by atoms with Crippen molar-refractivity contribution in [2.45, 2.75) is 27.7 Å². The third kappa shape index (κ3) is 8.64. The van der Waals surface area contributed by atoms with Gasteiger partial charge in [0.05, 0.1) is 45.5 Å². The number of hydrogen-bond donors (Lipinski definition) is 0. The van der Waals surface area contributed by atoms with E-state index in [0.717, 1.165) is 64.0 Å². The number of hydrogen-bond acceptors (Lipinski definition) is 10. The number of pyridine rings is 1. The number of rotatable bonds is 11. The molecule has 0 aliphatic rings. The number of azo groups is 4. The molecule has 224 valence electrons. The van der Waals surface area contributed by atoms with Crippen LogP contribution in [0.3, 0.4) is 0 Å². The fraction of sp³-hybridized carbons (Fsp3) is 0.171. The van der Waals surface area contributed by atoms with Gasteiger partial charge in [0.15, 0.2) is 0 Å². The van der Waals surface area contributed by atoms with Crippen LogP contribution in [0, 0.1) is 13.8 Å². The number of aryl methyl sites for hydroxylation is 2. The maximum absolute atomic E-state index is 4.46. The average Bonchev–Trinajstić information content (AvgIpc) is 3.07. The minimum absolute atomic E-state index is 0.715. The molecule has 1 aromatic heterocycles. The highest BCUT2D eigenvalue weighted by molar-refractivity contribution is 5.57. The van der Waals surface area contributed by atoms with Crippen LogP contribution < -0.4 is 4.90 Å². The van der Waals surface area contributed by atoms with Crippen molar-refractivity contribution in [1.82, 2.24) is 4.98 Å². The summed E-state index contributed by atoms with van der Waals surface area (Å²) in [7, 11) is 0. The second-order valence-electron chi connectivity index (χ2n) is 10.2. The van der Waals surface area contributed by atoms with E-state index in [2.05, 4.69) is 76.8 Å². The molecule has 0 fully saturated rings. The van der Waals surface area contributed by atoms with Gasteiger partial charge >= 0.3 is 0 Å². The first-order chi connectivity index (χ1) is 22.0. The fourth-order valence-electron chi connectivity index (χ4n) is 4.40. The summed E-state index contributed by atoms with van der Waals surface area (Å²) < 4.78 is 0. The SMILES string of the molecule is CCN(CC)c1ccc(N=Nc2ccc(N=Nc3ccc(N=Nc4ccc(N=Nc5ccncc5)cc4)c(C)c3)c(C)c2)cc1. The highest BCUT2D eigenvalue weighted by atomic mass is 15.1. The second-order valence-corrected chi connectivity index (χ2v) is 10.2. The highest BCUT2D eigenvalue weighted by Gasteiger charge is 2.04. The van der Waals surface area contributed by atoms with Gasteiger partial charge in [-0.05, 0) is 136 Å². The zero-order valence-electron chi connectivity index (χ0n) is 25.8. The minimum Gasteiger partial charge on any atom is -0.372 e. The van der Waals surface area contributed by atoms with Crippen LogP contribution in [-0.2, 0) is 0 Å². The topological polar surface area (TPSA) is 115 Å². The molecule has 5 aromatic rings. The Morgan fingerprint density at radius 3 is 1.24 bits per heavy atom. The molecule has 0 bridgehead atoms. The van der Waals surface area contributed by atoms with Crippen LogP contribution in [0.4, 0.5) is 51.2 Å². The van der Waals surface area contributed by atoms with Crippen molar-refractivity contribution in [2.75, 3.05) is 18.0 Å². The quantitative estimate of drug-likeness (QED) is 0.141. The molecule has 45 heavy (non-hydrogen) atoms. The predicted molar refractivity (Wildman–Crippen MR) is 180 cm³/mol. The predicted octanol–water partition coefficient (Wildman–Crippen LogP) is 12.2. The summed E-state index contributed by atoms with van der Waals surface area (Å²) >= 11 is 0. The summed E-state index contributed by atoms with van der Waals surface area (Å²) in [6.45, 7) is 10.2. The van der Waals surface area contributed by atoms with Crippen molar-refractivity contribution in [3.63, 3.8) is 0 Å². The summed E-state index contributed by atoms with van der Waals surface area (Å²) in [4.78, 5) is 6.27. The van der Waals surface area contributed by atoms with Crippen molar-refractivity contribution in [3.8, 4) is 0 Å². The summed E-state index contributed by atoms with van der Waals surface area (Å²) in [5.74, 6) is 0. The van der Waals surface area contributed by atoms with Gasteiger partial charge in [-0.1, -0.05) is 0 Å². The van der Waals surface area contributed by atoms with Gasteiger partial charge in [-0.2, -0.15) is 40.9 Å². The van der Waals surface area contributed by atoms with E-state index in [-0.39, 0.29) is 0 Å². The Balaban J connectivity index is 1.18. The lowest BCUT2D eigenvalue weighted by Crippen LogP contribution is -2.21. The molecule has 10 heteroatoms. The van der Waals surface area contributed by atoms with Crippen molar-refractivity contribution in [1.29, 1.82) is 0 Å². The molecule has 1 heterocycles. The summed E-state index contributed by atoms with van der Waals surface area (Å²) in [6.07, 6.45) is 3.36. The molecule has 0 aliphatic heterocycles. The van der Waals surface area contributed by atoms with Crippen molar-refractivity contribution in [3.05, 3.63) is 121 Å². The van der Waals surface area contributed by atoms with Crippen LogP contribution in [0.2, 0.25) is 0 Å². The summed E-state index contributed by atoms with van der Waals surface area (Å²) in [5.41, 5.74) is 9.08. The number of aromatic nitrogens is 1. The molecule has 0 radical (unpaired) electrons. The molecule has 0 amide bonds. The van der Waals surface area contributed by atoms with E-state index in [1.165, 1.54) is 5.69 Å². The van der Waals surface area contributed by atoms with E-state index >= 15 is 0 Å². The van der Waals surface area contributed by atoms with Crippen LogP contribution >= 0.6 is 0 Å². The second kappa shape index (κ2) is 15.1. The standard InChI is InChI=1S/C35H34N10/c1-5-45(6-2)33-15-11-29(12-16-33)38-41-31-13-17-35(25(3)23-31)44-42-32-14-18-34(26(4)24-32)43-40-28-9-7-27(8-10-28)37-39-30-19-21-36-22-20-30/h7-24H,5-6H2,1-4H3. The Morgan fingerprint density at radius 1 is 0.444 bits per heavy atom. The first kappa shape index (κ1) is 30.7. The van der Waals surface area contributed by atoms with E-state index < -0.39 is 0 Å². The highest BCUT2D eigenvalue weighted by Crippen LogP contribution is 2.31. The van der Waals surface area contributed by atoms with E-state index in [1.807, 2.05) is 86.6 Å². The molecular weight excluding hydrogens is 560 g/mol. The molecular formula is C35H34N10. The Morgan fingerprint density at radius 2 is 0.800 bits per heavy atom. The van der Waals surface area contributed by atoms with Gasteiger partial charge in [-0.15, -0.1) is 0 Å². The van der Waals surface area contributed by atoms with Crippen molar-refractivity contribution in [2.24, 2.45) is 40.9 Å². The number of nitrogens with zero attached hydrogens (tertiary/aromatic N) is 10.